The molecule has 0 fully saturated rings. The Hall–Kier alpha value is -4.33. The number of carbonyl (C=O) groups is 1. The van der Waals surface area contributed by atoms with Crippen LogP contribution in [-0.4, -0.2) is 45.7 Å². The predicted molar refractivity (Wildman–Crippen MR) is 145 cm³/mol. The van der Waals surface area contributed by atoms with E-state index in [1.807, 2.05) is 73.2 Å². The molecule has 3 heterocycles. The van der Waals surface area contributed by atoms with E-state index in [1.165, 1.54) is 0 Å². The van der Waals surface area contributed by atoms with Crippen LogP contribution in [0.15, 0.2) is 55.0 Å². The molecule has 0 saturated heterocycles. The highest BCUT2D eigenvalue weighted by molar-refractivity contribution is 5.99. The number of aromatic nitrogens is 3. The maximum absolute atomic E-state index is 13.9. The standard InChI is InChI=1S/C30H33N5O3/c1-19-10-26(20(2)32-16-19)27-13-22(18-35-9-8-33(3)30(35)31)14-28-25(27)6-7-34(29(28)36)17-21-11-23(37-4)15-24(12-21)38-5/h8-16,31H,6-7,17-18H2,1-5H3. The van der Waals surface area contributed by atoms with Crippen molar-refractivity contribution in [3.63, 3.8) is 0 Å². The molecule has 0 radical (unpaired) electrons. The quantitative estimate of drug-likeness (QED) is 0.402. The third-order valence-corrected chi connectivity index (χ3v) is 7.19. The predicted octanol–water partition coefficient (Wildman–Crippen LogP) is 4.25. The van der Waals surface area contributed by atoms with Gasteiger partial charge in [-0.25, -0.2) is 0 Å². The molecule has 4 aromatic rings. The van der Waals surface area contributed by atoms with Gasteiger partial charge in [0.1, 0.15) is 11.5 Å². The molecule has 0 bridgehead atoms. The van der Waals surface area contributed by atoms with Gasteiger partial charge in [0.25, 0.3) is 5.91 Å². The Labute approximate surface area is 222 Å². The third kappa shape index (κ3) is 4.81. The summed E-state index contributed by atoms with van der Waals surface area (Å²) in [6.45, 7) is 5.61. The monoisotopic (exact) mass is 511 g/mol. The molecule has 5 rings (SSSR count). The van der Waals surface area contributed by atoms with Crippen LogP contribution < -0.4 is 15.1 Å². The number of fused-ring (bicyclic) bond motifs is 1. The Morgan fingerprint density at radius 2 is 1.58 bits per heavy atom. The van der Waals surface area contributed by atoms with Crippen LogP contribution in [0.5, 0.6) is 11.5 Å². The van der Waals surface area contributed by atoms with E-state index < -0.39 is 0 Å². The van der Waals surface area contributed by atoms with Gasteiger partial charge >= 0.3 is 0 Å². The average Bonchev–Trinajstić information content (AvgIpc) is 3.23. The van der Waals surface area contributed by atoms with Crippen molar-refractivity contribution in [3.8, 4) is 22.6 Å². The normalized spacial score (nSPS) is 13.0. The molecule has 38 heavy (non-hydrogen) atoms. The summed E-state index contributed by atoms with van der Waals surface area (Å²) in [6, 6.07) is 12.0. The number of rotatable bonds is 7. The summed E-state index contributed by atoms with van der Waals surface area (Å²) in [4.78, 5) is 20.4. The first-order valence-corrected chi connectivity index (χ1v) is 12.6. The minimum atomic E-state index is -0.00133. The van der Waals surface area contributed by atoms with Crippen molar-refractivity contribution in [2.45, 2.75) is 33.4 Å². The number of nitrogens with one attached hydrogen (secondary N) is 1. The number of benzene rings is 2. The maximum Gasteiger partial charge on any atom is 0.254 e. The van der Waals surface area contributed by atoms with Gasteiger partial charge in [-0.2, -0.15) is 0 Å². The molecule has 2 aromatic carbocycles. The van der Waals surface area contributed by atoms with E-state index in [-0.39, 0.29) is 5.91 Å². The first-order valence-electron chi connectivity index (χ1n) is 12.6. The van der Waals surface area contributed by atoms with E-state index in [1.54, 1.807) is 18.8 Å². The highest BCUT2D eigenvalue weighted by Gasteiger charge is 2.28. The maximum atomic E-state index is 13.9. The van der Waals surface area contributed by atoms with Gasteiger partial charge in [0, 0.05) is 61.6 Å². The fourth-order valence-electron chi connectivity index (χ4n) is 5.13. The molecule has 2 aromatic heterocycles. The van der Waals surface area contributed by atoms with Gasteiger partial charge in [0.05, 0.1) is 20.8 Å². The SMILES string of the molecule is COc1cc(CN2CCc3c(cc(Cn4ccn(C)c4=N)cc3-c3cc(C)cnc3C)C2=O)cc(OC)c1. The van der Waals surface area contributed by atoms with Crippen molar-refractivity contribution < 1.29 is 14.3 Å². The molecular weight excluding hydrogens is 478 g/mol. The van der Waals surface area contributed by atoms with Crippen LogP contribution in [0, 0.1) is 19.3 Å². The smallest absolute Gasteiger partial charge is 0.254 e. The highest BCUT2D eigenvalue weighted by Crippen LogP contribution is 2.35. The van der Waals surface area contributed by atoms with Crippen LogP contribution in [0.3, 0.4) is 0 Å². The Kier molecular flexibility index (Phi) is 6.80. The van der Waals surface area contributed by atoms with E-state index in [9.17, 15) is 4.79 Å². The number of imidazole rings is 1. The van der Waals surface area contributed by atoms with E-state index in [4.69, 9.17) is 14.9 Å². The number of ether oxygens (including phenoxy) is 2. The number of amides is 1. The average molecular weight is 512 g/mol. The Morgan fingerprint density at radius 3 is 2.24 bits per heavy atom. The Balaban J connectivity index is 1.58. The number of nitrogens with zero attached hydrogens (tertiary/aromatic N) is 4. The molecule has 1 aliphatic heterocycles. The number of hydrogen-bond acceptors (Lipinski definition) is 5. The van der Waals surface area contributed by atoms with Crippen LogP contribution in [0.4, 0.5) is 0 Å². The molecular formula is C30H33N5O3. The van der Waals surface area contributed by atoms with Crippen molar-refractivity contribution in [1.29, 1.82) is 5.41 Å². The van der Waals surface area contributed by atoms with Gasteiger partial charge in [-0.1, -0.05) is 0 Å². The van der Waals surface area contributed by atoms with Gasteiger partial charge < -0.3 is 23.5 Å². The molecule has 8 heteroatoms. The van der Waals surface area contributed by atoms with Crippen LogP contribution in [-0.2, 0) is 26.6 Å². The number of aryl methyl sites for hydroxylation is 3. The molecule has 8 nitrogen and oxygen atoms in total. The topological polar surface area (TPSA) is 85.4 Å². The summed E-state index contributed by atoms with van der Waals surface area (Å²) < 4.78 is 14.5. The van der Waals surface area contributed by atoms with Gasteiger partial charge in [0.2, 0.25) is 5.62 Å². The molecule has 1 amide bonds. The molecule has 0 aliphatic carbocycles. The second-order valence-electron chi connectivity index (χ2n) is 9.87. The lowest BCUT2D eigenvalue weighted by molar-refractivity contribution is 0.0726. The first kappa shape index (κ1) is 25.3. The molecule has 0 atom stereocenters. The van der Waals surface area contributed by atoms with Crippen molar-refractivity contribution in [1.82, 2.24) is 19.0 Å². The van der Waals surface area contributed by atoms with Crippen LogP contribution in [0.25, 0.3) is 11.1 Å². The minimum Gasteiger partial charge on any atom is -0.497 e. The lowest BCUT2D eigenvalue weighted by Crippen LogP contribution is -2.37. The highest BCUT2D eigenvalue weighted by atomic mass is 16.5. The number of pyridine rings is 1. The summed E-state index contributed by atoms with van der Waals surface area (Å²) in [5.74, 6) is 1.39. The largest absolute Gasteiger partial charge is 0.497 e. The number of carbonyl (C=O) groups excluding carboxylic acids is 1. The molecule has 0 spiro atoms. The molecule has 1 aliphatic rings. The Morgan fingerprint density at radius 1 is 0.895 bits per heavy atom. The fraction of sp³-hybridized carbons (Fsp3) is 0.300. The van der Waals surface area contributed by atoms with Gasteiger partial charge in [-0.3, -0.25) is 15.2 Å². The zero-order valence-corrected chi connectivity index (χ0v) is 22.5. The second-order valence-corrected chi connectivity index (χ2v) is 9.87. The molecule has 196 valence electrons. The fourth-order valence-corrected chi connectivity index (χ4v) is 5.13. The Bertz CT molecular complexity index is 1560. The number of methoxy groups -OCH3 is 2. The summed E-state index contributed by atoms with van der Waals surface area (Å²) in [5.41, 5.74) is 8.19. The van der Waals surface area contributed by atoms with Crippen LogP contribution in [0.2, 0.25) is 0 Å². The van der Waals surface area contributed by atoms with Crippen molar-refractivity contribution in [2.24, 2.45) is 7.05 Å². The van der Waals surface area contributed by atoms with Crippen molar-refractivity contribution in [2.75, 3.05) is 20.8 Å². The van der Waals surface area contributed by atoms with Gasteiger partial charge in [-0.15, -0.1) is 0 Å². The lowest BCUT2D eigenvalue weighted by Gasteiger charge is -2.31. The zero-order chi connectivity index (χ0) is 27.0. The molecule has 1 N–H and O–H groups in total. The van der Waals surface area contributed by atoms with Gasteiger partial charge in [-0.05, 0) is 78.4 Å². The van der Waals surface area contributed by atoms with E-state index in [0.29, 0.717) is 42.3 Å². The number of hydrogen-bond donors (Lipinski definition) is 1. The first-order chi connectivity index (χ1) is 18.3. The van der Waals surface area contributed by atoms with Gasteiger partial charge in [0.15, 0.2) is 0 Å². The van der Waals surface area contributed by atoms with Crippen LogP contribution in [0.1, 0.15) is 38.3 Å². The van der Waals surface area contributed by atoms with Crippen molar-refractivity contribution >= 4 is 5.91 Å². The zero-order valence-electron chi connectivity index (χ0n) is 22.5. The van der Waals surface area contributed by atoms with E-state index in [0.717, 1.165) is 45.5 Å². The summed E-state index contributed by atoms with van der Waals surface area (Å²) in [5, 5.41) is 8.38. The second kappa shape index (κ2) is 10.2. The molecule has 0 saturated carbocycles. The summed E-state index contributed by atoms with van der Waals surface area (Å²) in [6.07, 6.45) is 6.38. The molecule has 0 unspecified atom stereocenters. The summed E-state index contributed by atoms with van der Waals surface area (Å²) >= 11 is 0. The van der Waals surface area contributed by atoms with Crippen molar-refractivity contribution in [3.05, 3.63) is 94.1 Å². The minimum absolute atomic E-state index is 0.00133. The van der Waals surface area contributed by atoms with E-state index >= 15 is 0 Å². The lowest BCUT2D eigenvalue weighted by atomic mass is 9.87. The van der Waals surface area contributed by atoms with E-state index in [2.05, 4.69) is 17.1 Å². The summed E-state index contributed by atoms with van der Waals surface area (Å²) in [7, 11) is 5.10. The van der Waals surface area contributed by atoms with Crippen LogP contribution >= 0.6 is 0 Å². The third-order valence-electron chi connectivity index (χ3n) is 7.19.